The number of ether oxygens (including phenoxy) is 1. The van der Waals surface area contributed by atoms with Crippen LogP contribution in [0.1, 0.15) is 57.6 Å². The van der Waals surface area contributed by atoms with Crippen LogP contribution < -0.4 is 51.0 Å². The van der Waals surface area contributed by atoms with E-state index in [1.165, 1.54) is 19.1 Å². The molecular weight excluding hydrogens is 645 g/mol. The predicted octanol–water partition coefficient (Wildman–Crippen LogP) is -3.87. The molecule has 7 N–H and O–H groups in total. The fourth-order valence-electron chi connectivity index (χ4n) is 4.73. The van der Waals surface area contributed by atoms with Crippen molar-refractivity contribution in [2.24, 2.45) is 11.7 Å². The molecule has 0 heterocycles. The minimum Gasteiger partial charge on any atom is -0.550 e. The number of rotatable bonds is 20. The van der Waals surface area contributed by atoms with E-state index in [-0.39, 0.29) is 63.2 Å². The van der Waals surface area contributed by atoms with Crippen LogP contribution in [0.2, 0.25) is 0 Å². The van der Waals surface area contributed by atoms with Crippen LogP contribution in [0.15, 0.2) is 54.6 Å². The first kappa shape index (κ1) is 43.3. The molecule has 0 aliphatic rings. The number of aromatic hydroxyl groups is 1. The number of phenolic OH excluding ortho intramolecular Hbond substituents is 1. The van der Waals surface area contributed by atoms with Crippen molar-refractivity contribution < 1.29 is 67.4 Å². The van der Waals surface area contributed by atoms with Crippen LogP contribution in [0.25, 0.3) is 0 Å². The summed E-state index contributed by atoms with van der Waals surface area (Å²) in [6.07, 6.45) is -0.431. The number of aliphatic carboxylic acids is 1. The van der Waals surface area contributed by atoms with Gasteiger partial charge >= 0.3 is 24.8 Å². The minimum absolute atomic E-state index is 0. The SMILES string of the molecule is CC(=O)N[C@@H](Cc1ccc(O)cc1)C(=O)N[C@H](C(=O)N[C@@H](CCCC(N)C(=O)OCc1ccccc1)C(=O)NC(C=O)CC(=O)[O-])C(C)C.[Li+]. The van der Waals surface area contributed by atoms with Crippen LogP contribution in [0.4, 0.5) is 0 Å². The summed E-state index contributed by atoms with van der Waals surface area (Å²) in [7, 11) is 0. The predicted molar refractivity (Wildman–Crippen MR) is 174 cm³/mol. The second kappa shape index (κ2) is 22.1. The Hall–Kier alpha value is -4.71. The van der Waals surface area contributed by atoms with Gasteiger partial charge in [-0.2, -0.15) is 0 Å². The second-order valence-corrected chi connectivity index (χ2v) is 11.9. The maximum absolute atomic E-state index is 13.5. The van der Waals surface area contributed by atoms with Crippen LogP contribution in [0.3, 0.4) is 0 Å². The molecule has 4 amide bonds. The first-order valence-corrected chi connectivity index (χ1v) is 15.8. The third-order valence-corrected chi connectivity index (χ3v) is 7.36. The maximum Gasteiger partial charge on any atom is 1.00 e. The second-order valence-electron chi connectivity index (χ2n) is 11.9. The van der Waals surface area contributed by atoms with Gasteiger partial charge in [0.15, 0.2) is 0 Å². The molecule has 2 rings (SSSR count). The van der Waals surface area contributed by atoms with Gasteiger partial charge in [0.05, 0.1) is 6.04 Å². The number of amides is 4. The van der Waals surface area contributed by atoms with Gasteiger partial charge in [0.2, 0.25) is 23.6 Å². The number of aldehydes is 1. The van der Waals surface area contributed by atoms with Gasteiger partial charge in [0, 0.05) is 25.7 Å². The molecule has 0 saturated carbocycles. The molecule has 0 aromatic heterocycles. The zero-order chi connectivity index (χ0) is 36.5. The average Bonchev–Trinajstić information content (AvgIpc) is 3.05. The van der Waals surface area contributed by atoms with E-state index >= 15 is 0 Å². The molecule has 2 unspecified atom stereocenters. The van der Waals surface area contributed by atoms with Gasteiger partial charge in [0.25, 0.3) is 0 Å². The standard InChI is InChI=1S/C34H45N5O10.Li/c1-20(2)30(39-32(46)28(36-21(3)41)16-22-12-14-25(42)15-13-22)33(47)38-27(31(45)37-24(18-40)17-29(43)44)11-7-10-26(35)34(48)49-19-23-8-5-4-6-9-23;/h4-6,8-9,12-15,18,20,24,26-28,30,42H,7,10-11,16-17,19,35H2,1-3H3,(H,36,41)(H,37,45)(H,38,47)(H,39,46)(H,43,44);/q;+1/p-1/t24?,26?,27-,28-,30-;/m0./s1. The Morgan fingerprint density at radius 2 is 1.46 bits per heavy atom. The third kappa shape index (κ3) is 15.7. The summed E-state index contributed by atoms with van der Waals surface area (Å²) in [4.78, 5) is 86.9. The number of esters is 1. The zero-order valence-corrected chi connectivity index (χ0v) is 28.7. The molecule has 0 aliphatic carbocycles. The Morgan fingerprint density at radius 1 is 0.840 bits per heavy atom. The van der Waals surface area contributed by atoms with Crippen LogP contribution in [0.5, 0.6) is 5.75 Å². The third-order valence-electron chi connectivity index (χ3n) is 7.36. The quantitative estimate of drug-likeness (QED) is 0.0446. The van der Waals surface area contributed by atoms with E-state index in [1.807, 2.05) is 6.07 Å². The molecule has 50 heavy (non-hydrogen) atoms. The molecule has 0 aliphatic heterocycles. The van der Waals surface area contributed by atoms with E-state index in [9.17, 15) is 43.8 Å². The molecule has 0 fully saturated rings. The summed E-state index contributed by atoms with van der Waals surface area (Å²) >= 11 is 0. The van der Waals surface area contributed by atoms with Crippen LogP contribution in [-0.4, -0.2) is 77.2 Å². The largest absolute Gasteiger partial charge is 1.00 e. The van der Waals surface area contributed by atoms with Gasteiger partial charge in [-0.25, -0.2) is 0 Å². The monoisotopic (exact) mass is 689 g/mol. The number of carboxylic acids is 1. The summed E-state index contributed by atoms with van der Waals surface area (Å²) < 4.78 is 5.25. The summed E-state index contributed by atoms with van der Waals surface area (Å²) in [6.45, 7) is 4.54. The fourth-order valence-corrected chi connectivity index (χ4v) is 4.73. The van der Waals surface area contributed by atoms with Gasteiger partial charge in [-0.1, -0.05) is 56.3 Å². The first-order valence-electron chi connectivity index (χ1n) is 15.8. The van der Waals surface area contributed by atoms with Crippen molar-refractivity contribution in [1.29, 1.82) is 0 Å². The molecule has 16 heteroatoms. The molecule has 0 spiro atoms. The van der Waals surface area contributed by atoms with Crippen molar-refractivity contribution in [2.45, 2.75) is 89.7 Å². The van der Waals surface area contributed by atoms with Crippen molar-refractivity contribution in [3.05, 3.63) is 65.7 Å². The van der Waals surface area contributed by atoms with Crippen molar-refractivity contribution in [3.8, 4) is 5.75 Å². The van der Waals surface area contributed by atoms with E-state index in [2.05, 4.69) is 21.3 Å². The van der Waals surface area contributed by atoms with E-state index < -0.39 is 78.1 Å². The summed E-state index contributed by atoms with van der Waals surface area (Å²) in [6, 6.07) is 8.87. The van der Waals surface area contributed by atoms with Crippen LogP contribution in [-0.2, 0) is 51.3 Å². The number of benzene rings is 2. The molecule has 0 radical (unpaired) electrons. The molecular formula is C34H44LiN5O10. The van der Waals surface area contributed by atoms with Gasteiger partial charge in [0.1, 0.15) is 42.8 Å². The smallest absolute Gasteiger partial charge is 0.550 e. The van der Waals surface area contributed by atoms with Gasteiger partial charge < -0.3 is 51.5 Å². The molecule has 0 saturated heterocycles. The van der Waals surface area contributed by atoms with Crippen molar-refractivity contribution in [3.63, 3.8) is 0 Å². The maximum atomic E-state index is 13.5. The summed E-state index contributed by atoms with van der Waals surface area (Å²) in [5.74, 6) is -5.59. The Kier molecular flexibility index (Phi) is 19.1. The first-order chi connectivity index (χ1) is 23.2. The number of carbonyl (C=O) groups is 7. The molecule has 15 nitrogen and oxygen atoms in total. The number of nitrogens with one attached hydrogen (secondary N) is 4. The number of carbonyl (C=O) groups excluding carboxylic acids is 7. The van der Waals surface area contributed by atoms with Crippen LogP contribution >= 0.6 is 0 Å². The Balaban J connectivity index is 0.0000125. The number of hydrogen-bond donors (Lipinski definition) is 6. The Labute approximate surface area is 302 Å². The average molecular weight is 690 g/mol. The van der Waals surface area contributed by atoms with Crippen molar-refractivity contribution >= 4 is 41.9 Å². The van der Waals surface area contributed by atoms with Crippen LogP contribution in [0, 0.1) is 5.92 Å². The normalized spacial score (nSPS) is 13.6. The Morgan fingerprint density at radius 3 is 2.02 bits per heavy atom. The topological polar surface area (TPSA) is 246 Å². The van der Waals surface area contributed by atoms with E-state index in [1.54, 1.807) is 50.2 Å². The van der Waals surface area contributed by atoms with Gasteiger partial charge in [-0.3, -0.25) is 24.0 Å². The number of hydrogen-bond acceptors (Lipinski definition) is 11. The molecule has 5 atom stereocenters. The van der Waals surface area contributed by atoms with E-state index in [4.69, 9.17) is 10.5 Å². The summed E-state index contributed by atoms with van der Waals surface area (Å²) in [5.41, 5.74) is 7.39. The molecule has 266 valence electrons. The van der Waals surface area contributed by atoms with Crippen molar-refractivity contribution in [2.75, 3.05) is 0 Å². The van der Waals surface area contributed by atoms with E-state index in [0.29, 0.717) is 5.56 Å². The number of carboxylic acid groups (broad SMARTS) is 1. The van der Waals surface area contributed by atoms with Crippen molar-refractivity contribution in [1.82, 2.24) is 21.3 Å². The van der Waals surface area contributed by atoms with Gasteiger partial charge in [-0.15, -0.1) is 0 Å². The molecule has 2 aromatic rings. The summed E-state index contributed by atoms with van der Waals surface area (Å²) in [5, 5.41) is 30.6. The number of nitrogens with two attached hydrogens (primary N) is 1. The minimum atomic E-state index is -1.58. The van der Waals surface area contributed by atoms with E-state index in [0.717, 1.165) is 5.56 Å². The zero-order valence-electron chi connectivity index (χ0n) is 28.7. The molecule has 2 aromatic carbocycles. The Bertz CT molecular complexity index is 1440. The molecule has 0 bridgehead atoms. The fraction of sp³-hybridized carbons (Fsp3) is 0.441. The number of phenols is 1. The van der Waals surface area contributed by atoms with Gasteiger partial charge in [-0.05, 0) is 48.4 Å².